The molecular weight excluding hydrogens is 799 g/mol. The third-order valence-electron chi connectivity index (χ3n) is 14.2. The standard InChI is InChI=1S/C42H57N3O14Si/c1-10-60(11-2,12-3)59-33-32-24(4)28(47)21-42(51,39(32,7)8)36(57-37(49)27-16-14-13-15-17-27)34-40(9,35(33)48)29(20-30-41(34,23-55-30)58-26(6)46)56-38(50)54-19-18-44-25(5)43-22-31(44)45(52)53/h13-17,22,28-30,33-34,36,47,51H,10-12,18-21,23H2,1-9H3/t28-,29-,30+,33+,34?,36-,40+,41-,42+/m0/s1. The molecule has 1 aliphatic heterocycles. The quantitative estimate of drug-likeness (QED) is 0.0644. The molecule has 1 unspecified atom stereocenters. The van der Waals surface area contributed by atoms with Gasteiger partial charge in [0.1, 0.15) is 49.4 Å². The van der Waals surface area contributed by atoms with E-state index in [1.165, 1.54) is 23.6 Å². The highest BCUT2D eigenvalue weighted by atomic mass is 28.4. The minimum Gasteiger partial charge on any atom is -0.455 e. The molecule has 2 saturated carbocycles. The lowest BCUT2D eigenvalue weighted by Crippen LogP contribution is -2.82. The van der Waals surface area contributed by atoms with Crippen molar-refractivity contribution < 1.29 is 62.4 Å². The highest BCUT2D eigenvalue weighted by Gasteiger charge is 2.79. The van der Waals surface area contributed by atoms with E-state index in [-0.39, 0.29) is 44.0 Å². The SMILES string of the molecule is CC[Si](CC)(CC)O[C@H]1C(=O)[C@@]2(C)C([C@H](OC(=O)c3ccccc3)[C@]3(O)C[C@H](O)C(C)=C1C3(C)C)[C@]1(OC(C)=O)CO[C@@H]1C[C@@H]2OC(=O)OCCn1c([N+](=O)[O-])cnc1C. The van der Waals surface area contributed by atoms with Crippen molar-refractivity contribution in [2.45, 2.75) is 142 Å². The van der Waals surface area contributed by atoms with E-state index < -0.39 is 95.6 Å². The third kappa shape index (κ3) is 7.16. The lowest BCUT2D eigenvalue weighted by Gasteiger charge is -2.67. The molecule has 18 heteroatoms. The molecular formula is C42H57N3O14Si. The summed E-state index contributed by atoms with van der Waals surface area (Å²) >= 11 is 0. The summed E-state index contributed by atoms with van der Waals surface area (Å²) in [6.45, 7) is 14.7. The van der Waals surface area contributed by atoms with Crippen LogP contribution < -0.4 is 0 Å². The molecule has 0 radical (unpaired) electrons. The molecule has 1 aromatic heterocycles. The molecule has 4 aliphatic rings. The van der Waals surface area contributed by atoms with Crippen molar-refractivity contribution in [3.05, 3.63) is 69.2 Å². The fourth-order valence-electron chi connectivity index (χ4n) is 10.4. The van der Waals surface area contributed by atoms with Crippen LogP contribution in [0.25, 0.3) is 0 Å². The summed E-state index contributed by atoms with van der Waals surface area (Å²) < 4.78 is 38.8. The van der Waals surface area contributed by atoms with Crippen LogP contribution in [0.2, 0.25) is 18.1 Å². The number of ketones is 1. The lowest BCUT2D eigenvalue weighted by atomic mass is 9.44. The zero-order valence-corrected chi connectivity index (χ0v) is 36.7. The number of hydrogen-bond donors (Lipinski definition) is 2. The van der Waals surface area contributed by atoms with E-state index in [0.29, 0.717) is 35.1 Å². The van der Waals surface area contributed by atoms with Gasteiger partial charge in [0.15, 0.2) is 25.5 Å². The number of esters is 2. The second kappa shape index (κ2) is 16.4. The first-order valence-corrected chi connectivity index (χ1v) is 23.1. The number of aliphatic hydroxyl groups excluding tert-OH is 1. The highest BCUT2D eigenvalue weighted by Crippen LogP contribution is 2.65. The van der Waals surface area contributed by atoms with Gasteiger partial charge in [-0.25, -0.2) is 19.1 Å². The smallest absolute Gasteiger partial charge is 0.455 e. The Hall–Kier alpha value is -4.49. The number of fused-ring (bicyclic) bond motifs is 5. The number of imidazole rings is 1. The summed E-state index contributed by atoms with van der Waals surface area (Å²) in [6.07, 6.45) is -7.47. The number of aliphatic hydroxyl groups is 2. The Morgan fingerprint density at radius 2 is 1.72 bits per heavy atom. The van der Waals surface area contributed by atoms with E-state index in [4.69, 9.17) is 28.1 Å². The van der Waals surface area contributed by atoms with Gasteiger partial charge in [0.25, 0.3) is 0 Å². The Kier molecular flexibility index (Phi) is 12.3. The Bertz CT molecular complexity index is 2040. The van der Waals surface area contributed by atoms with Gasteiger partial charge in [-0.1, -0.05) is 52.8 Å². The van der Waals surface area contributed by atoms with Crippen molar-refractivity contribution in [3.8, 4) is 0 Å². The van der Waals surface area contributed by atoms with Crippen molar-refractivity contribution in [2.24, 2.45) is 16.7 Å². The van der Waals surface area contributed by atoms with E-state index >= 15 is 4.79 Å². The van der Waals surface area contributed by atoms with Crippen LogP contribution in [0.4, 0.5) is 10.6 Å². The van der Waals surface area contributed by atoms with E-state index in [0.717, 1.165) is 6.20 Å². The Labute approximate surface area is 350 Å². The topological polar surface area (TPSA) is 225 Å². The van der Waals surface area contributed by atoms with Gasteiger partial charge in [0, 0.05) is 32.1 Å². The van der Waals surface area contributed by atoms with Crippen LogP contribution in [-0.2, 0) is 44.2 Å². The molecule has 0 amide bonds. The number of nitrogens with zero attached hydrogens (tertiary/aromatic N) is 3. The van der Waals surface area contributed by atoms with Crippen LogP contribution in [0.3, 0.4) is 0 Å². The molecule has 3 aliphatic carbocycles. The number of benzene rings is 1. The van der Waals surface area contributed by atoms with Crippen LogP contribution in [0.15, 0.2) is 47.7 Å². The first-order chi connectivity index (χ1) is 28.2. The molecule has 17 nitrogen and oxygen atoms in total. The van der Waals surface area contributed by atoms with Gasteiger partial charge >= 0.3 is 23.9 Å². The normalized spacial score (nSPS) is 32.0. The van der Waals surface area contributed by atoms with Crippen molar-refractivity contribution in [1.29, 1.82) is 0 Å². The number of hydrogen-bond acceptors (Lipinski definition) is 15. The van der Waals surface area contributed by atoms with Crippen LogP contribution in [0.1, 0.15) is 84.4 Å². The molecule has 328 valence electrons. The minimum absolute atomic E-state index is 0.131. The van der Waals surface area contributed by atoms with Gasteiger partial charge in [-0.2, -0.15) is 0 Å². The van der Waals surface area contributed by atoms with Gasteiger partial charge < -0.3 is 48.4 Å². The fraction of sp³-hybridized carbons (Fsp3) is 0.643. The predicted octanol–water partition coefficient (Wildman–Crippen LogP) is 5.39. The average Bonchev–Trinajstić information content (AvgIpc) is 3.57. The van der Waals surface area contributed by atoms with E-state index in [9.17, 15) is 34.7 Å². The average molecular weight is 856 g/mol. The molecule has 2 heterocycles. The van der Waals surface area contributed by atoms with Gasteiger partial charge in [-0.05, 0) is 60.2 Å². The highest BCUT2D eigenvalue weighted by molar-refractivity contribution is 6.73. The molecule has 60 heavy (non-hydrogen) atoms. The van der Waals surface area contributed by atoms with Crippen molar-refractivity contribution in [3.63, 3.8) is 0 Å². The third-order valence-corrected chi connectivity index (χ3v) is 18.8. The summed E-state index contributed by atoms with van der Waals surface area (Å²) in [7, 11) is -2.74. The maximum absolute atomic E-state index is 16.2. The van der Waals surface area contributed by atoms with Gasteiger partial charge in [0.2, 0.25) is 0 Å². The van der Waals surface area contributed by atoms with E-state index in [1.807, 2.05) is 20.8 Å². The Balaban J connectivity index is 1.56. The Morgan fingerprint density at radius 1 is 1.07 bits per heavy atom. The number of aromatic nitrogens is 2. The molecule has 3 fully saturated rings. The van der Waals surface area contributed by atoms with Crippen LogP contribution in [0.5, 0.6) is 0 Å². The summed E-state index contributed by atoms with van der Waals surface area (Å²) in [5, 5.41) is 37.0. The monoisotopic (exact) mass is 855 g/mol. The number of carbonyl (C=O) groups is 4. The zero-order valence-electron chi connectivity index (χ0n) is 35.7. The van der Waals surface area contributed by atoms with Crippen molar-refractivity contribution in [1.82, 2.24) is 9.55 Å². The summed E-state index contributed by atoms with van der Waals surface area (Å²) in [4.78, 5) is 72.4. The summed E-state index contributed by atoms with van der Waals surface area (Å²) in [5.41, 5.74) is -6.38. The molecule has 9 atom stereocenters. The summed E-state index contributed by atoms with van der Waals surface area (Å²) in [6, 6.07) is 9.96. The number of nitro groups is 1. The fourth-order valence-corrected chi connectivity index (χ4v) is 13.1. The second-order valence-electron chi connectivity index (χ2n) is 17.3. The number of ether oxygens (including phenoxy) is 5. The number of carbonyl (C=O) groups excluding carboxylic acids is 4. The molecule has 6 rings (SSSR count). The first kappa shape index (κ1) is 45.0. The first-order valence-electron chi connectivity index (χ1n) is 20.6. The zero-order chi connectivity index (χ0) is 44.2. The van der Waals surface area contributed by atoms with Crippen LogP contribution in [-0.4, -0.2) is 112 Å². The van der Waals surface area contributed by atoms with E-state index in [1.54, 1.807) is 52.8 Å². The second-order valence-corrected chi connectivity index (χ2v) is 22.0. The van der Waals surface area contributed by atoms with Crippen LogP contribution >= 0.6 is 0 Å². The predicted molar refractivity (Wildman–Crippen MR) is 215 cm³/mol. The van der Waals surface area contributed by atoms with E-state index in [2.05, 4.69) is 4.98 Å². The molecule has 1 aromatic carbocycles. The van der Waals surface area contributed by atoms with Crippen molar-refractivity contribution >= 4 is 38.0 Å². The maximum atomic E-state index is 16.2. The number of Topliss-reactive ketones (excluding diaryl/α,β-unsaturated/α-hetero) is 1. The van der Waals surface area contributed by atoms with Gasteiger partial charge in [-0.3, -0.25) is 9.59 Å². The van der Waals surface area contributed by atoms with Gasteiger partial charge in [0.05, 0.1) is 29.6 Å². The Morgan fingerprint density at radius 3 is 2.28 bits per heavy atom. The van der Waals surface area contributed by atoms with Gasteiger partial charge in [-0.15, -0.1) is 0 Å². The molecule has 2 N–H and O–H groups in total. The molecule has 1 saturated heterocycles. The largest absolute Gasteiger partial charge is 0.508 e. The summed E-state index contributed by atoms with van der Waals surface area (Å²) in [5.74, 6) is -3.61. The molecule has 2 aromatic rings. The molecule has 0 spiro atoms. The maximum Gasteiger partial charge on any atom is 0.508 e. The minimum atomic E-state index is -2.74. The van der Waals surface area contributed by atoms with Crippen molar-refractivity contribution in [2.75, 3.05) is 13.2 Å². The lowest BCUT2D eigenvalue weighted by molar-refractivity contribution is -0.392. The molecule has 2 bridgehead atoms. The number of aryl methyl sites for hydroxylation is 1. The number of rotatable bonds is 13. The van der Waals surface area contributed by atoms with Crippen LogP contribution in [0, 0.1) is 33.8 Å².